The van der Waals surface area contributed by atoms with Crippen LogP contribution in [-0.4, -0.2) is 31.8 Å². The van der Waals surface area contributed by atoms with Gasteiger partial charge >= 0.3 is 0 Å². The van der Waals surface area contributed by atoms with Crippen molar-refractivity contribution < 1.29 is 0 Å². The van der Waals surface area contributed by atoms with Gasteiger partial charge in [0.2, 0.25) is 0 Å². The Morgan fingerprint density at radius 3 is 2.76 bits per heavy atom. The molecular weight excluding hydrogens is 284 g/mol. The highest BCUT2D eigenvalue weighted by Crippen LogP contribution is 2.31. The fourth-order valence-corrected chi connectivity index (χ4v) is 3.55. The number of aromatic nitrogens is 5. The SMILES string of the molecule is CNc1nc(C)nc(Sc2nnc3n2CCCCC3)c1C. The second-order valence-electron chi connectivity index (χ2n) is 5.26. The van der Waals surface area contributed by atoms with Gasteiger partial charge in [0, 0.05) is 25.6 Å². The molecule has 0 radical (unpaired) electrons. The van der Waals surface area contributed by atoms with Crippen molar-refractivity contribution in [2.24, 2.45) is 0 Å². The van der Waals surface area contributed by atoms with Gasteiger partial charge in [-0.15, -0.1) is 10.2 Å². The predicted octanol–water partition coefficient (Wildman–Crippen LogP) is 2.60. The number of nitrogens with one attached hydrogen (secondary N) is 1. The fourth-order valence-electron chi connectivity index (χ4n) is 2.57. The second-order valence-corrected chi connectivity index (χ2v) is 6.22. The Labute approximate surface area is 128 Å². The Morgan fingerprint density at radius 1 is 1.10 bits per heavy atom. The zero-order valence-electron chi connectivity index (χ0n) is 12.7. The van der Waals surface area contributed by atoms with Crippen LogP contribution in [0.3, 0.4) is 0 Å². The Kier molecular flexibility index (Phi) is 4.10. The van der Waals surface area contributed by atoms with Gasteiger partial charge in [-0.1, -0.05) is 6.42 Å². The van der Waals surface area contributed by atoms with Crippen LogP contribution in [0, 0.1) is 13.8 Å². The maximum Gasteiger partial charge on any atom is 0.197 e. The number of rotatable bonds is 3. The van der Waals surface area contributed by atoms with Gasteiger partial charge in [0.05, 0.1) is 0 Å². The van der Waals surface area contributed by atoms with Crippen LogP contribution in [0.1, 0.15) is 36.5 Å². The molecule has 0 aliphatic carbocycles. The first kappa shape index (κ1) is 14.3. The van der Waals surface area contributed by atoms with Gasteiger partial charge < -0.3 is 9.88 Å². The molecule has 0 aromatic carbocycles. The van der Waals surface area contributed by atoms with E-state index in [1.165, 1.54) is 19.3 Å². The summed E-state index contributed by atoms with van der Waals surface area (Å²) in [7, 11) is 1.88. The van der Waals surface area contributed by atoms with E-state index in [2.05, 4.69) is 30.0 Å². The number of hydrogen-bond donors (Lipinski definition) is 1. The molecule has 0 fully saturated rings. The van der Waals surface area contributed by atoms with Crippen LogP contribution in [0.2, 0.25) is 0 Å². The fraction of sp³-hybridized carbons (Fsp3) is 0.571. The number of fused-ring (bicyclic) bond motifs is 1. The minimum atomic E-state index is 0.767. The standard InChI is InChI=1S/C14H20N6S/c1-9-12(15-3)16-10(2)17-13(9)21-14-19-18-11-7-5-4-6-8-20(11)14/h4-8H2,1-3H3,(H,15,16,17). The van der Waals surface area contributed by atoms with E-state index in [-0.39, 0.29) is 0 Å². The molecule has 0 atom stereocenters. The van der Waals surface area contributed by atoms with Crippen molar-refractivity contribution in [3.8, 4) is 0 Å². The van der Waals surface area contributed by atoms with Crippen molar-refractivity contribution >= 4 is 17.6 Å². The van der Waals surface area contributed by atoms with Crippen LogP contribution in [0.15, 0.2) is 10.2 Å². The summed E-state index contributed by atoms with van der Waals surface area (Å²) < 4.78 is 2.24. The van der Waals surface area contributed by atoms with Gasteiger partial charge in [-0.3, -0.25) is 0 Å². The van der Waals surface area contributed by atoms with Crippen molar-refractivity contribution in [1.29, 1.82) is 0 Å². The number of hydrogen-bond acceptors (Lipinski definition) is 6. The van der Waals surface area contributed by atoms with Crippen LogP contribution in [0.25, 0.3) is 0 Å². The molecule has 0 spiro atoms. The van der Waals surface area contributed by atoms with E-state index in [1.54, 1.807) is 11.8 Å². The second kappa shape index (κ2) is 6.01. The summed E-state index contributed by atoms with van der Waals surface area (Å²) in [6.07, 6.45) is 4.70. The molecular formula is C14H20N6S. The van der Waals surface area contributed by atoms with E-state index in [4.69, 9.17) is 0 Å². The summed E-state index contributed by atoms with van der Waals surface area (Å²) in [6.45, 7) is 4.95. The molecule has 0 saturated carbocycles. The van der Waals surface area contributed by atoms with Crippen molar-refractivity contribution in [2.45, 2.75) is 56.3 Å². The Morgan fingerprint density at radius 2 is 1.95 bits per heavy atom. The maximum atomic E-state index is 4.56. The molecule has 2 aromatic rings. The van der Waals surface area contributed by atoms with E-state index in [0.717, 1.165) is 46.2 Å². The predicted molar refractivity (Wildman–Crippen MR) is 82.8 cm³/mol. The topological polar surface area (TPSA) is 68.5 Å². The van der Waals surface area contributed by atoms with Gasteiger partial charge in [-0.25, -0.2) is 9.97 Å². The summed E-state index contributed by atoms with van der Waals surface area (Å²) in [6, 6.07) is 0. The molecule has 1 aliphatic heterocycles. The van der Waals surface area contributed by atoms with Crippen LogP contribution >= 0.6 is 11.8 Å². The lowest BCUT2D eigenvalue weighted by atomic mass is 10.2. The van der Waals surface area contributed by atoms with Crippen molar-refractivity contribution in [1.82, 2.24) is 24.7 Å². The third-order valence-corrected chi connectivity index (χ3v) is 4.79. The molecule has 6 nitrogen and oxygen atoms in total. The summed E-state index contributed by atoms with van der Waals surface area (Å²) >= 11 is 1.59. The first-order valence-electron chi connectivity index (χ1n) is 7.32. The minimum absolute atomic E-state index is 0.767. The molecule has 7 heteroatoms. The zero-order chi connectivity index (χ0) is 14.8. The van der Waals surface area contributed by atoms with Gasteiger partial charge in [0.15, 0.2) is 5.16 Å². The average molecular weight is 304 g/mol. The van der Waals surface area contributed by atoms with Gasteiger partial charge in [0.25, 0.3) is 0 Å². The average Bonchev–Trinajstić information content (AvgIpc) is 2.71. The summed E-state index contributed by atoms with van der Waals surface area (Å²) in [5.41, 5.74) is 1.05. The normalized spacial score (nSPS) is 14.6. The highest BCUT2D eigenvalue weighted by Gasteiger charge is 2.18. The summed E-state index contributed by atoms with van der Waals surface area (Å²) in [5, 5.41) is 13.7. The Bertz CT molecular complexity index is 651. The smallest absolute Gasteiger partial charge is 0.197 e. The number of anilines is 1. The zero-order valence-corrected chi connectivity index (χ0v) is 13.5. The lowest BCUT2D eigenvalue weighted by Gasteiger charge is -2.11. The largest absolute Gasteiger partial charge is 0.373 e. The van der Waals surface area contributed by atoms with Crippen LogP contribution in [0.4, 0.5) is 5.82 Å². The molecule has 3 heterocycles. The minimum Gasteiger partial charge on any atom is -0.373 e. The van der Waals surface area contributed by atoms with E-state index >= 15 is 0 Å². The molecule has 0 bridgehead atoms. The molecule has 3 rings (SSSR count). The summed E-state index contributed by atoms with van der Waals surface area (Å²) in [5.74, 6) is 2.75. The van der Waals surface area contributed by atoms with E-state index in [9.17, 15) is 0 Å². The third kappa shape index (κ3) is 2.88. The van der Waals surface area contributed by atoms with Crippen LogP contribution < -0.4 is 5.32 Å². The van der Waals surface area contributed by atoms with Crippen LogP contribution in [0.5, 0.6) is 0 Å². The molecule has 1 N–H and O–H groups in total. The van der Waals surface area contributed by atoms with Gasteiger partial charge in [0.1, 0.15) is 22.5 Å². The number of aryl methyl sites for hydroxylation is 2. The molecule has 0 amide bonds. The highest BCUT2D eigenvalue weighted by molar-refractivity contribution is 7.99. The van der Waals surface area contributed by atoms with Gasteiger partial charge in [-0.2, -0.15) is 0 Å². The monoisotopic (exact) mass is 304 g/mol. The first-order valence-corrected chi connectivity index (χ1v) is 8.13. The highest BCUT2D eigenvalue weighted by atomic mass is 32.2. The third-order valence-electron chi connectivity index (χ3n) is 3.71. The maximum absolute atomic E-state index is 4.56. The van der Waals surface area contributed by atoms with Crippen molar-refractivity contribution in [3.05, 3.63) is 17.2 Å². The van der Waals surface area contributed by atoms with E-state index in [1.807, 2.05) is 20.9 Å². The lowest BCUT2D eigenvalue weighted by Crippen LogP contribution is -2.04. The van der Waals surface area contributed by atoms with Gasteiger partial charge in [-0.05, 0) is 38.5 Å². The molecule has 0 saturated heterocycles. The Hall–Kier alpha value is -1.63. The molecule has 2 aromatic heterocycles. The number of nitrogens with zero attached hydrogens (tertiary/aromatic N) is 5. The molecule has 112 valence electrons. The lowest BCUT2D eigenvalue weighted by molar-refractivity contribution is 0.590. The van der Waals surface area contributed by atoms with Crippen molar-refractivity contribution in [3.63, 3.8) is 0 Å². The first-order chi connectivity index (χ1) is 10.2. The van der Waals surface area contributed by atoms with Crippen LogP contribution in [-0.2, 0) is 13.0 Å². The quantitative estimate of drug-likeness (QED) is 0.879. The molecule has 21 heavy (non-hydrogen) atoms. The molecule has 0 unspecified atom stereocenters. The van der Waals surface area contributed by atoms with Crippen molar-refractivity contribution in [2.75, 3.05) is 12.4 Å². The Balaban J connectivity index is 1.94. The van der Waals surface area contributed by atoms with E-state index in [0.29, 0.717) is 0 Å². The summed E-state index contributed by atoms with van der Waals surface area (Å²) in [4.78, 5) is 8.96. The molecule has 1 aliphatic rings. The van der Waals surface area contributed by atoms with E-state index < -0.39 is 0 Å².